The second-order valence-corrected chi connectivity index (χ2v) is 11.6. The molecule has 3 aliphatic rings. The number of piperidine rings is 1. The first kappa shape index (κ1) is 25.6. The van der Waals surface area contributed by atoms with Crippen LogP contribution in [0.5, 0.6) is 0 Å². The van der Waals surface area contributed by atoms with Crippen molar-refractivity contribution in [3.63, 3.8) is 0 Å². The van der Waals surface area contributed by atoms with Crippen molar-refractivity contribution in [3.8, 4) is 11.3 Å². The van der Waals surface area contributed by atoms with E-state index in [2.05, 4.69) is 10.1 Å². The van der Waals surface area contributed by atoms with Crippen LogP contribution < -0.4 is 4.90 Å². The number of fused-ring (bicyclic) bond motifs is 3. The van der Waals surface area contributed by atoms with E-state index < -0.39 is 11.6 Å². The molecule has 7 rings (SSSR count). The van der Waals surface area contributed by atoms with E-state index in [-0.39, 0.29) is 47.9 Å². The van der Waals surface area contributed by atoms with Crippen LogP contribution in [0.1, 0.15) is 53.3 Å². The molecule has 2 aliphatic heterocycles. The van der Waals surface area contributed by atoms with Gasteiger partial charge in [0.05, 0.1) is 66.5 Å². The number of aromatic nitrogens is 2. The van der Waals surface area contributed by atoms with Gasteiger partial charge in [0, 0.05) is 11.5 Å². The van der Waals surface area contributed by atoms with E-state index in [0.717, 1.165) is 28.2 Å². The molecule has 2 saturated heterocycles. The van der Waals surface area contributed by atoms with Crippen LogP contribution in [-0.2, 0) is 20.8 Å². The Bertz CT molecular complexity index is 1550. The minimum atomic E-state index is -0.675. The number of anilines is 1. The lowest BCUT2D eigenvalue weighted by molar-refractivity contribution is -0.0394. The molecular weight excluding hydrogens is 540 g/mol. The molecule has 2 aromatic carbocycles. The van der Waals surface area contributed by atoms with E-state index in [1.54, 1.807) is 17.4 Å². The molecule has 208 valence electrons. The first-order chi connectivity index (χ1) is 19.5. The van der Waals surface area contributed by atoms with Crippen molar-refractivity contribution in [2.45, 2.75) is 56.4 Å². The first-order valence-corrected chi connectivity index (χ1v) is 14.2. The summed E-state index contributed by atoms with van der Waals surface area (Å²) in [5, 5.41) is 4.98. The van der Waals surface area contributed by atoms with Gasteiger partial charge in [0.2, 0.25) is 0 Å². The standard InChI is InChI=1S/C29H27F2N3O5S/c1-36-28(35)16-7-8-23-24(9-16)40-29(32-23)34-17-10-19(11-18(34)13-37-12-17)38-14-20-26(33-39-27(20)15-5-6-15)25-21(30)3-2-4-22(25)31/h2-4,7-9,15,17-19H,5-6,10-14H2,1H3. The fraction of sp³-hybridized carbons (Fsp3) is 0.414. The van der Waals surface area contributed by atoms with E-state index in [1.807, 2.05) is 12.1 Å². The van der Waals surface area contributed by atoms with Gasteiger partial charge in [-0.25, -0.2) is 18.6 Å². The maximum absolute atomic E-state index is 14.6. The Morgan fingerprint density at radius 2 is 1.88 bits per heavy atom. The Hall–Kier alpha value is -3.41. The molecule has 11 heteroatoms. The van der Waals surface area contributed by atoms with Gasteiger partial charge in [0.15, 0.2) is 5.13 Å². The van der Waals surface area contributed by atoms with Gasteiger partial charge in [0.25, 0.3) is 0 Å². The molecule has 0 amide bonds. The summed E-state index contributed by atoms with van der Waals surface area (Å²) in [6.45, 7) is 1.26. The molecule has 0 spiro atoms. The molecular formula is C29H27F2N3O5S. The SMILES string of the molecule is COC(=O)c1ccc2nc(N3C4COCC3CC(OCc3c(-c5c(F)cccc5F)noc3C3CC3)C4)sc2c1. The summed E-state index contributed by atoms with van der Waals surface area (Å²) in [7, 11) is 1.37. The van der Waals surface area contributed by atoms with Crippen molar-refractivity contribution < 1.29 is 32.3 Å². The lowest BCUT2D eigenvalue weighted by atomic mass is 9.92. The highest BCUT2D eigenvalue weighted by Gasteiger charge is 2.42. The molecule has 0 N–H and O–H groups in total. The number of carbonyl (C=O) groups excluding carboxylic acids is 1. The molecule has 2 aromatic heterocycles. The van der Waals surface area contributed by atoms with Gasteiger partial charge >= 0.3 is 5.97 Å². The third-order valence-electron chi connectivity index (χ3n) is 7.93. The Balaban J connectivity index is 1.11. The lowest BCUT2D eigenvalue weighted by Gasteiger charge is -2.48. The number of hydrogen-bond donors (Lipinski definition) is 0. The molecule has 3 fully saturated rings. The lowest BCUT2D eigenvalue weighted by Crippen LogP contribution is -2.58. The number of nitrogens with zero attached hydrogens (tertiary/aromatic N) is 3. The van der Waals surface area contributed by atoms with Gasteiger partial charge in [-0.2, -0.15) is 0 Å². The predicted octanol–water partition coefficient (Wildman–Crippen LogP) is 5.85. The van der Waals surface area contributed by atoms with Crippen molar-refractivity contribution in [1.82, 2.24) is 10.1 Å². The summed E-state index contributed by atoms with van der Waals surface area (Å²) in [5.74, 6) is -0.848. The maximum atomic E-state index is 14.6. The quantitative estimate of drug-likeness (QED) is 0.257. The van der Waals surface area contributed by atoms with E-state index in [4.69, 9.17) is 23.7 Å². The molecule has 2 atom stereocenters. The predicted molar refractivity (Wildman–Crippen MR) is 143 cm³/mol. The second-order valence-electron chi connectivity index (χ2n) is 10.6. The molecule has 40 heavy (non-hydrogen) atoms. The molecule has 1 saturated carbocycles. The van der Waals surface area contributed by atoms with Gasteiger partial charge in [0.1, 0.15) is 23.1 Å². The second kappa shape index (κ2) is 10.2. The molecule has 1 aliphatic carbocycles. The molecule has 2 bridgehead atoms. The van der Waals surface area contributed by atoms with Crippen molar-refractivity contribution in [1.29, 1.82) is 0 Å². The van der Waals surface area contributed by atoms with E-state index in [1.165, 1.54) is 25.3 Å². The van der Waals surface area contributed by atoms with E-state index in [9.17, 15) is 13.6 Å². The summed E-state index contributed by atoms with van der Waals surface area (Å²) >= 11 is 1.55. The van der Waals surface area contributed by atoms with Crippen LogP contribution in [0, 0.1) is 11.6 Å². The van der Waals surface area contributed by atoms with Gasteiger partial charge in [-0.15, -0.1) is 0 Å². The number of rotatable bonds is 7. The number of halogens is 2. The van der Waals surface area contributed by atoms with Crippen molar-refractivity contribution in [2.24, 2.45) is 0 Å². The van der Waals surface area contributed by atoms with E-state index in [0.29, 0.717) is 42.9 Å². The highest BCUT2D eigenvalue weighted by molar-refractivity contribution is 7.22. The average molecular weight is 568 g/mol. The number of carbonyl (C=O) groups is 1. The smallest absolute Gasteiger partial charge is 0.337 e. The Kier molecular flexibility index (Phi) is 6.52. The Morgan fingerprint density at radius 3 is 2.58 bits per heavy atom. The number of morpholine rings is 1. The summed E-state index contributed by atoms with van der Waals surface area (Å²) in [4.78, 5) is 19.2. The number of benzene rings is 2. The molecule has 2 unspecified atom stereocenters. The Labute approximate surface area is 232 Å². The number of methoxy groups -OCH3 is 1. The summed E-state index contributed by atoms with van der Waals surface area (Å²) in [6, 6.07) is 9.30. The number of thiazole rings is 1. The zero-order valence-corrected chi connectivity index (χ0v) is 22.6. The largest absolute Gasteiger partial charge is 0.465 e. The Morgan fingerprint density at radius 1 is 1.12 bits per heavy atom. The highest BCUT2D eigenvalue weighted by Crippen LogP contribution is 2.45. The van der Waals surface area contributed by atoms with Crippen molar-refractivity contribution in [2.75, 3.05) is 25.2 Å². The zero-order valence-electron chi connectivity index (χ0n) is 21.8. The number of ether oxygens (including phenoxy) is 3. The van der Waals surface area contributed by atoms with Crippen LogP contribution in [0.15, 0.2) is 40.9 Å². The molecule has 8 nitrogen and oxygen atoms in total. The summed E-state index contributed by atoms with van der Waals surface area (Å²) in [5.41, 5.74) is 1.96. The van der Waals surface area contributed by atoms with Crippen molar-refractivity contribution in [3.05, 3.63) is 64.9 Å². The first-order valence-electron chi connectivity index (χ1n) is 13.4. The molecule has 4 heterocycles. The summed E-state index contributed by atoms with van der Waals surface area (Å²) < 4.78 is 53.0. The van der Waals surface area contributed by atoms with Crippen LogP contribution in [0.4, 0.5) is 13.9 Å². The fourth-order valence-electron chi connectivity index (χ4n) is 5.83. The summed E-state index contributed by atoms with van der Waals surface area (Å²) in [6.07, 6.45) is 3.28. The average Bonchev–Trinajstić information content (AvgIpc) is 3.57. The van der Waals surface area contributed by atoms with Gasteiger partial charge in [-0.3, -0.25) is 0 Å². The van der Waals surface area contributed by atoms with Crippen LogP contribution in [0.2, 0.25) is 0 Å². The van der Waals surface area contributed by atoms with E-state index >= 15 is 0 Å². The third kappa shape index (κ3) is 4.55. The minimum Gasteiger partial charge on any atom is -0.465 e. The van der Waals surface area contributed by atoms with Crippen LogP contribution in [0.3, 0.4) is 0 Å². The maximum Gasteiger partial charge on any atom is 0.337 e. The van der Waals surface area contributed by atoms with Crippen LogP contribution in [0.25, 0.3) is 21.5 Å². The van der Waals surface area contributed by atoms with Crippen LogP contribution in [-0.4, -0.2) is 54.6 Å². The highest BCUT2D eigenvalue weighted by atomic mass is 32.1. The van der Waals surface area contributed by atoms with Crippen molar-refractivity contribution >= 4 is 32.7 Å². The monoisotopic (exact) mass is 567 g/mol. The molecule has 0 radical (unpaired) electrons. The van der Waals surface area contributed by atoms with Gasteiger partial charge in [-0.05, 0) is 56.0 Å². The zero-order chi connectivity index (χ0) is 27.4. The topological polar surface area (TPSA) is 86.9 Å². The fourth-order valence-corrected chi connectivity index (χ4v) is 6.98. The minimum absolute atomic E-state index is 0.0620. The normalized spacial score (nSPS) is 22.6. The van der Waals surface area contributed by atoms with Gasteiger partial charge < -0.3 is 23.6 Å². The number of esters is 1. The number of hydrogen-bond acceptors (Lipinski definition) is 9. The third-order valence-corrected chi connectivity index (χ3v) is 8.96. The van der Waals surface area contributed by atoms with Gasteiger partial charge in [-0.1, -0.05) is 22.6 Å². The molecule has 4 aromatic rings. The van der Waals surface area contributed by atoms with Crippen LogP contribution >= 0.6 is 11.3 Å².